The van der Waals surface area contributed by atoms with E-state index < -0.39 is 22.5 Å². The zero-order chi connectivity index (χ0) is 17.0. The molecule has 108 valence electrons. The molecule has 1 amide bonds. The van der Waals surface area contributed by atoms with Crippen molar-refractivity contribution in [1.82, 2.24) is 4.98 Å². The third-order valence-corrected chi connectivity index (χ3v) is 3.08. The molecule has 0 aliphatic rings. The van der Waals surface area contributed by atoms with Gasteiger partial charge in [-0.25, -0.2) is 4.39 Å². The summed E-state index contributed by atoms with van der Waals surface area (Å²) in [5, 5.41) is 13.4. The number of pyridine rings is 1. The molecule has 0 unspecified atom stereocenters. The van der Waals surface area contributed by atoms with E-state index in [2.05, 4.69) is 10.3 Å². The van der Waals surface area contributed by atoms with Crippen molar-refractivity contribution in [2.45, 2.75) is 4.90 Å². The number of nitro groups is 1. The first-order valence-electron chi connectivity index (χ1n) is 6.65. The predicted molar refractivity (Wildman–Crippen MR) is 77.1 cm³/mol. The Bertz CT molecular complexity index is 741. The van der Waals surface area contributed by atoms with Gasteiger partial charge in [0.25, 0.3) is 11.6 Å². The third-order valence-electron chi connectivity index (χ3n) is 2.46. The molecule has 21 heavy (non-hydrogen) atoms. The fraction of sp³-hybridized carbons (Fsp3) is 0.0769. The number of alkyl halides is 1. The van der Waals surface area contributed by atoms with Crippen molar-refractivity contribution in [2.75, 3.05) is 11.3 Å². The Morgan fingerprint density at radius 1 is 1.48 bits per heavy atom. The van der Waals surface area contributed by atoms with Crippen LogP contribution in [0.4, 0.5) is 15.8 Å². The van der Waals surface area contributed by atoms with Gasteiger partial charge in [0.15, 0.2) is 0 Å². The van der Waals surface area contributed by atoms with Gasteiger partial charge in [0, 0.05) is 18.0 Å². The first-order valence-corrected chi connectivity index (χ1v) is 6.47. The van der Waals surface area contributed by atoms with E-state index in [1.54, 1.807) is 12.1 Å². The zero-order valence-corrected chi connectivity index (χ0v) is 11.3. The number of rotatable bonds is 5. The Morgan fingerprint density at radius 2 is 2.29 bits per heavy atom. The normalized spacial score (nSPS) is 12.2. The van der Waals surface area contributed by atoms with Gasteiger partial charge in [-0.15, -0.1) is 0 Å². The van der Waals surface area contributed by atoms with Crippen LogP contribution < -0.4 is 5.32 Å². The smallest absolute Gasteiger partial charge is 0.283 e. The molecule has 0 atom stereocenters. The summed E-state index contributed by atoms with van der Waals surface area (Å²) in [7, 11) is 0. The third kappa shape index (κ3) is 3.76. The number of benzene rings is 1. The first kappa shape index (κ1) is 12.3. The maximum atomic E-state index is 13.2. The minimum atomic E-state index is -3.19. The van der Waals surface area contributed by atoms with Crippen LogP contribution in [0.2, 0.25) is 0 Å². The molecular weight excluding hydrogens is 297 g/mol. The van der Waals surface area contributed by atoms with Crippen LogP contribution in [0.15, 0.2) is 47.5 Å². The lowest BCUT2D eigenvalue weighted by Gasteiger charge is -2.06. The average molecular weight is 309 g/mol. The van der Waals surface area contributed by atoms with Crippen LogP contribution in [0, 0.1) is 10.1 Å². The summed E-state index contributed by atoms with van der Waals surface area (Å²) in [6.45, 7) is 0. The summed E-state index contributed by atoms with van der Waals surface area (Å²) < 4.78 is 26.9. The number of carbonyl (C=O) groups is 1. The highest BCUT2D eigenvalue weighted by Crippen LogP contribution is 2.31. The second-order valence-electron chi connectivity index (χ2n) is 3.79. The maximum Gasteiger partial charge on any atom is 0.283 e. The zero-order valence-electron chi connectivity index (χ0n) is 12.4. The quantitative estimate of drug-likeness (QED) is 0.520. The van der Waals surface area contributed by atoms with E-state index in [4.69, 9.17) is 2.74 Å². The maximum absolute atomic E-state index is 13.2. The number of carbonyl (C=O) groups excluding carboxylic acids is 1. The van der Waals surface area contributed by atoms with Crippen molar-refractivity contribution in [2.24, 2.45) is 0 Å². The Labute approximate surface area is 126 Å². The number of thioether (sulfide) groups is 1. The number of nitro benzene ring substituents is 1. The number of amides is 1. The minimum Gasteiger partial charge on any atom is -0.321 e. The van der Waals surface area contributed by atoms with E-state index in [-0.39, 0.29) is 28.0 Å². The number of nitrogens with zero attached hydrogens (tertiary/aromatic N) is 2. The first-order chi connectivity index (χ1) is 10.8. The standard InChI is InChI=1S/C13H10FN3O3S/c14-8-21-12-7-9(4-5-11(12)17(19)20)16-13(18)10-3-1-2-6-15-10/h1-7H,8H2,(H,16,18)/i8D2. The second-order valence-corrected chi connectivity index (χ2v) is 4.59. The molecule has 2 aromatic rings. The molecule has 0 fully saturated rings. The molecule has 8 heteroatoms. The van der Waals surface area contributed by atoms with Crippen molar-refractivity contribution >= 4 is 29.0 Å². The number of nitrogens with one attached hydrogen (secondary N) is 1. The highest BCUT2D eigenvalue weighted by Gasteiger charge is 2.16. The molecular formula is C13H10FN3O3S. The monoisotopic (exact) mass is 309 g/mol. The molecule has 0 saturated heterocycles. The van der Waals surface area contributed by atoms with Crippen molar-refractivity contribution in [1.29, 1.82) is 0 Å². The second kappa shape index (κ2) is 6.80. The highest BCUT2D eigenvalue weighted by molar-refractivity contribution is 7.99. The van der Waals surface area contributed by atoms with E-state index in [9.17, 15) is 19.3 Å². The predicted octanol–water partition coefficient (Wildman–Crippen LogP) is 3.26. The van der Waals surface area contributed by atoms with Gasteiger partial charge in [0.05, 0.1) is 12.6 Å². The van der Waals surface area contributed by atoms with Gasteiger partial charge in [0.2, 0.25) is 0 Å². The molecule has 1 aromatic carbocycles. The van der Waals surface area contributed by atoms with Crippen molar-refractivity contribution in [3.05, 3.63) is 58.4 Å². The molecule has 0 bridgehead atoms. The number of halogens is 1. The molecule has 0 saturated carbocycles. The lowest BCUT2D eigenvalue weighted by atomic mass is 10.2. The van der Waals surface area contributed by atoms with E-state index in [1.165, 1.54) is 18.3 Å². The molecule has 1 N–H and O–H groups in total. The Balaban J connectivity index is 2.28. The van der Waals surface area contributed by atoms with Crippen molar-refractivity contribution in [3.8, 4) is 0 Å². The SMILES string of the molecule is [2H]C([2H])(F)Sc1cc(NC(=O)c2ccccn2)ccc1[N+](=O)[O-]. The molecule has 0 aliphatic carbocycles. The molecule has 1 aromatic heterocycles. The number of aromatic nitrogens is 1. The Kier molecular flexibility index (Phi) is 3.97. The average Bonchev–Trinajstić information content (AvgIpc) is 2.46. The van der Waals surface area contributed by atoms with E-state index in [0.717, 1.165) is 12.1 Å². The summed E-state index contributed by atoms with van der Waals surface area (Å²) in [4.78, 5) is 25.8. The molecule has 1 heterocycles. The topological polar surface area (TPSA) is 85.1 Å². The van der Waals surface area contributed by atoms with Crippen LogP contribution in [0.3, 0.4) is 0 Å². The van der Waals surface area contributed by atoms with Crippen molar-refractivity contribution in [3.63, 3.8) is 0 Å². The van der Waals surface area contributed by atoms with Crippen LogP contribution in [0.1, 0.15) is 13.2 Å². The number of hydrogen-bond donors (Lipinski definition) is 1. The molecule has 0 radical (unpaired) electrons. The van der Waals surface area contributed by atoms with Crippen LogP contribution in [0.25, 0.3) is 0 Å². The summed E-state index contributed by atoms with van der Waals surface area (Å²) in [5.74, 6) is -3.73. The van der Waals surface area contributed by atoms with Gasteiger partial charge in [-0.05, 0) is 24.3 Å². The van der Waals surface area contributed by atoms with Crippen LogP contribution in [0.5, 0.6) is 0 Å². The summed E-state index contributed by atoms with van der Waals surface area (Å²) >= 11 is 0.0508. The Morgan fingerprint density at radius 3 is 2.90 bits per heavy atom. The summed E-state index contributed by atoms with van der Waals surface area (Å²) in [6.07, 6.45) is 1.43. The van der Waals surface area contributed by atoms with Gasteiger partial charge >= 0.3 is 0 Å². The number of anilines is 1. The lowest BCUT2D eigenvalue weighted by Crippen LogP contribution is -2.13. The molecule has 0 aliphatic heterocycles. The molecule has 0 spiro atoms. The van der Waals surface area contributed by atoms with E-state index >= 15 is 0 Å². The number of hydrogen-bond acceptors (Lipinski definition) is 5. The van der Waals surface area contributed by atoms with Gasteiger partial charge < -0.3 is 5.32 Å². The molecule has 2 rings (SSSR count). The largest absolute Gasteiger partial charge is 0.321 e. The highest BCUT2D eigenvalue weighted by atomic mass is 32.2. The van der Waals surface area contributed by atoms with Gasteiger partial charge in [-0.3, -0.25) is 19.9 Å². The van der Waals surface area contributed by atoms with Crippen LogP contribution in [-0.2, 0) is 0 Å². The van der Waals surface area contributed by atoms with Gasteiger partial charge in [0.1, 0.15) is 11.7 Å². The van der Waals surface area contributed by atoms with Crippen LogP contribution >= 0.6 is 11.8 Å². The van der Waals surface area contributed by atoms with Crippen molar-refractivity contribution < 1.29 is 16.8 Å². The lowest BCUT2D eigenvalue weighted by molar-refractivity contribution is -0.387. The fourth-order valence-electron chi connectivity index (χ4n) is 1.56. The van der Waals surface area contributed by atoms with Crippen LogP contribution in [-0.4, -0.2) is 21.8 Å². The summed E-state index contributed by atoms with van der Waals surface area (Å²) in [6, 6.07) is 8.23. The van der Waals surface area contributed by atoms with Gasteiger partial charge in [-0.2, -0.15) is 0 Å². The fourth-order valence-corrected chi connectivity index (χ4v) is 2.07. The molecule has 6 nitrogen and oxygen atoms in total. The van der Waals surface area contributed by atoms with E-state index in [0.29, 0.717) is 0 Å². The summed E-state index contributed by atoms with van der Waals surface area (Å²) in [5.41, 5.74) is -0.147. The van der Waals surface area contributed by atoms with E-state index in [1.807, 2.05) is 0 Å². The minimum absolute atomic E-state index is 0.0508. The Hall–Kier alpha value is -2.48. The van der Waals surface area contributed by atoms with Gasteiger partial charge in [-0.1, -0.05) is 17.8 Å².